The van der Waals surface area contributed by atoms with Gasteiger partial charge in [0.15, 0.2) is 0 Å². The molecule has 0 aliphatic rings. The zero-order valence-electron chi connectivity index (χ0n) is 5.74. The van der Waals surface area contributed by atoms with Gasteiger partial charge < -0.3 is 19.7 Å². The van der Waals surface area contributed by atoms with E-state index in [1.807, 2.05) is 0 Å². The van der Waals surface area contributed by atoms with Gasteiger partial charge in [-0.05, 0) is 67.8 Å². The Balaban J connectivity index is 4.25. The molecule has 0 fully saturated rings. The van der Waals surface area contributed by atoms with Crippen molar-refractivity contribution in [3.8, 4) is 0 Å². The summed E-state index contributed by atoms with van der Waals surface area (Å²) in [5.41, 5.74) is 0. The molecule has 9 heteroatoms. The van der Waals surface area contributed by atoms with E-state index in [4.69, 9.17) is 10.2 Å². The van der Waals surface area contributed by atoms with Crippen LogP contribution in [0.5, 0.6) is 0 Å². The molecular weight excluding hydrogens is 525 g/mol. The first-order valence-corrected chi connectivity index (χ1v) is 5.99. The summed E-state index contributed by atoms with van der Waals surface area (Å²) in [6.07, 6.45) is -2.97. The zero-order chi connectivity index (χ0) is 10.6. The molecule has 0 aromatic heterocycles. The molecule has 0 saturated carbocycles. The molecule has 0 amide bonds. The third-order valence-corrected chi connectivity index (χ3v) is 5.78. The number of ether oxygens (including phenoxy) is 2. The Kier molecular flexibility index (Phi) is 5.88. The van der Waals surface area contributed by atoms with Crippen LogP contribution < -0.4 is 0 Å². The molecule has 6 nitrogen and oxygen atoms in total. The van der Waals surface area contributed by atoms with Gasteiger partial charge in [0.25, 0.3) is 1.61 Å². The average molecular weight is 528 g/mol. The third kappa shape index (κ3) is 5.92. The third-order valence-electron chi connectivity index (χ3n) is 0.692. The van der Waals surface area contributed by atoms with E-state index < -0.39 is 18.0 Å². The summed E-state index contributed by atoms with van der Waals surface area (Å²) in [7, 11) is 0. The van der Waals surface area contributed by atoms with Crippen LogP contribution in [0.25, 0.3) is 0 Å². The Morgan fingerprint density at radius 3 is 2.00 bits per heavy atom. The van der Waals surface area contributed by atoms with Crippen molar-refractivity contribution in [3.63, 3.8) is 0 Å². The first-order chi connectivity index (χ1) is 5.75. The van der Waals surface area contributed by atoms with E-state index in [0.29, 0.717) is 0 Å². The fourth-order valence-corrected chi connectivity index (χ4v) is 1.30. The molecule has 0 radical (unpaired) electrons. The lowest BCUT2D eigenvalue weighted by Gasteiger charge is -2.23. The maximum Gasteiger partial charge on any atom is 0.507 e. The van der Waals surface area contributed by atoms with E-state index >= 15 is 0 Å². The van der Waals surface area contributed by atoms with Crippen LogP contribution in [0.4, 0.5) is 9.59 Å². The Morgan fingerprint density at radius 2 is 1.69 bits per heavy atom. The second-order valence-corrected chi connectivity index (χ2v) is 8.03. The van der Waals surface area contributed by atoms with Gasteiger partial charge in [-0.2, -0.15) is 0 Å². The van der Waals surface area contributed by atoms with Crippen LogP contribution in [-0.2, 0) is 9.47 Å². The second-order valence-electron chi connectivity index (χ2n) is 1.63. The standard InChI is InChI=1S/C4H3I3O6/c5-1(12-2(8)9)4(6,7)13-3(10)11/h1H,(H,8,9)(H,10,11). The van der Waals surface area contributed by atoms with Gasteiger partial charge >= 0.3 is 12.3 Å². The fraction of sp³-hybridized carbons (Fsp3) is 0.500. The van der Waals surface area contributed by atoms with Crippen molar-refractivity contribution in [2.24, 2.45) is 0 Å². The average Bonchev–Trinajstić information content (AvgIpc) is 1.81. The topological polar surface area (TPSA) is 93.1 Å². The predicted molar refractivity (Wildman–Crippen MR) is 66.8 cm³/mol. The van der Waals surface area contributed by atoms with Crippen molar-refractivity contribution in [2.75, 3.05) is 0 Å². The van der Waals surface area contributed by atoms with Crippen molar-refractivity contribution in [2.45, 2.75) is 5.73 Å². The summed E-state index contributed by atoms with van der Waals surface area (Å²) in [5, 5.41) is 16.5. The molecule has 2 N–H and O–H groups in total. The number of halogens is 3. The number of hydrogen-bond donors (Lipinski definition) is 2. The summed E-state index contributed by atoms with van der Waals surface area (Å²) >= 11 is 4.90. The highest BCUT2D eigenvalue weighted by molar-refractivity contribution is 14.2. The van der Waals surface area contributed by atoms with Crippen LogP contribution in [0.15, 0.2) is 0 Å². The highest BCUT2D eigenvalue weighted by atomic mass is 127. The van der Waals surface area contributed by atoms with Crippen molar-refractivity contribution in [1.82, 2.24) is 0 Å². The lowest BCUT2D eigenvalue weighted by molar-refractivity contribution is 0.0293. The summed E-state index contributed by atoms with van der Waals surface area (Å²) < 4.78 is 6.53. The van der Waals surface area contributed by atoms with Crippen molar-refractivity contribution >= 4 is 80.1 Å². The molecule has 0 saturated heterocycles. The van der Waals surface area contributed by atoms with Gasteiger partial charge in [-0.15, -0.1) is 0 Å². The number of carbonyl (C=O) groups is 2. The van der Waals surface area contributed by atoms with E-state index in [0.717, 1.165) is 0 Å². The molecular formula is C4H3I3O6. The van der Waals surface area contributed by atoms with E-state index in [1.165, 1.54) is 0 Å². The quantitative estimate of drug-likeness (QED) is 0.333. The lowest BCUT2D eigenvalue weighted by Crippen LogP contribution is -2.33. The molecule has 0 aromatic rings. The van der Waals surface area contributed by atoms with Gasteiger partial charge in [0.1, 0.15) is 0 Å². The number of hydrogen-bond acceptors (Lipinski definition) is 4. The molecule has 0 heterocycles. The predicted octanol–water partition coefficient (Wildman–Crippen LogP) is 2.66. The van der Waals surface area contributed by atoms with Gasteiger partial charge in [-0.25, -0.2) is 9.59 Å². The van der Waals surface area contributed by atoms with E-state index in [1.54, 1.807) is 67.8 Å². The first-order valence-electron chi connectivity index (χ1n) is 2.59. The molecule has 0 rings (SSSR count). The minimum atomic E-state index is -1.49. The SMILES string of the molecule is O=C(O)OC(I)C(I)(I)OC(=O)O. The maximum atomic E-state index is 10.2. The highest BCUT2D eigenvalue weighted by Crippen LogP contribution is 2.38. The van der Waals surface area contributed by atoms with E-state index in [-0.39, 0.29) is 0 Å². The van der Waals surface area contributed by atoms with Crippen LogP contribution in [0.2, 0.25) is 0 Å². The highest BCUT2D eigenvalue weighted by Gasteiger charge is 2.39. The first kappa shape index (κ1) is 13.7. The molecule has 0 aliphatic heterocycles. The Labute approximate surface area is 114 Å². The van der Waals surface area contributed by atoms with E-state index in [9.17, 15) is 9.59 Å². The van der Waals surface area contributed by atoms with E-state index in [2.05, 4.69) is 9.47 Å². The lowest BCUT2D eigenvalue weighted by atomic mass is 10.8. The summed E-state index contributed by atoms with van der Waals surface area (Å²) in [5.74, 6) is 0. The number of alkyl halides is 3. The smallest absolute Gasteiger partial charge is 0.450 e. The van der Waals surface area contributed by atoms with Crippen molar-refractivity contribution in [3.05, 3.63) is 0 Å². The van der Waals surface area contributed by atoms with Gasteiger partial charge in [0, 0.05) is 0 Å². The molecule has 0 aliphatic carbocycles. The van der Waals surface area contributed by atoms with Crippen molar-refractivity contribution in [1.29, 1.82) is 0 Å². The number of rotatable bonds is 3. The molecule has 0 bridgehead atoms. The molecule has 76 valence electrons. The zero-order valence-corrected chi connectivity index (χ0v) is 12.2. The van der Waals surface area contributed by atoms with Gasteiger partial charge in [0.05, 0.1) is 0 Å². The van der Waals surface area contributed by atoms with Crippen LogP contribution in [0.3, 0.4) is 0 Å². The maximum absolute atomic E-state index is 10.2. The van der Waals surface area contributed by atoms with Crippen molar-refractivity contribution < 1.29 is 29.3 Å². The molecule has 13 heavy (non-hydrogen) atoms. The number of carboxylic acid groups (broad SMARTS) is 2. The van der Waals surface area contributed by atoms with Gasteiger partial charge in [-0.3, -0.25) is 0 Å². The summed E-state index contributed by atoms with van der Waals surface area (Å²) in [6, 6.07) is 0. The molecule has 1 unspecified atom stereocenters. The summed E-state index contributed by atoms with van der Waals surface area (Å²) in [4.78, 5) is 20.3. The minimum Gasteiger partial charge on any atom is -0.450 e. The van der Waals surface area contributed by atoms with Gasteiger partial charge in [0.2, 0.25) is 4.11 Å². The van der Waals surface area contributed by atoms with Crippen LogP contribution in [-0.4, -0.2) is 28.2 Å². The van der Waals surface area contributed by atoms with Crippen LogP contribution in [0.1, 0.15) is 0 Å². The Hall–Kier alpha value is 0.730. The van der Waals surface area contributed by atoms with Gasteiger partial charge in [-0.1, -0.05) is 0 Å². The summed E-state index contributed by atoms with van der Waals surface area (Å²) in [6.45, 7) is 0. The monoisotopic (exact) mass is 528 g/mol. The molecule has 0 spiro atoms. The molecule has 1 atom stereocenters. The fourth-order valence-electron chi connectivity index (χ4n) is 0.320. The van der Waals surface area contributed by atoms with Crippen LogP contribution >= 0.6 is 67.8 Å². The molecule has 0 aromatic carbocycles. The normalized spacial score (nSPS) is 13.2. The van der Waals surface area contributed by atoms with Crippen LogP contribution in [0, 0.1) is 0 Å². The largest absolute Gasteiger partial charge is 0.507 e. The second kappa shape index (κ2) is 5.57. The Morgan fingerprint density at radius 1 is 1.23 bits per heavy atom. The Bertz CT molecular complexity index is 216. The minimum absolute atomic E-state index is 0.917.